The Morgan fingerprint density at radius 2 is 0.915 bits per heavy atom. The van der Waals surface area contributed by atoms with E-state index in [1.807, 2.05) is 0 Å². The Kier molecular flexibility index (Phi) is 18.6. The monoisotopic (exact) mass is 830 g/mol. The first-order valence-corrected chi connectivity index (χ1v) is 19.7. The summed E-state index contributed by atoms with van der Waals surface area (Å²) in [4.78, 5) is 102. The first-order chi connectivity index (χ1) is 27.9. The Bertz CT molecular complexity index is 1660. The number of imide groups is 2. The second-order valence-corrected chi connectivity index (χ2v) is 15.2. The molecule has 18 heteroatoms. The number of hydrogen-bond donors (Lipinski definition) is 2. The lowest BCUT2D eigenvalue weighted by Gasteiger charge is -2.58. The van der Waals surface area contributed by atoms with Gasteiger partial charge in [0, 0.05) is 22.3 Å². The molecule has 0 aromatic heterocycles. The van der Waals surface area contributed by atoms with Crippen molar-refractivity contribution in [2.24, 2.45) is 35.5 Å². The van der Waals surface area contributed by atoms with E-state index in [1.165, 1.54) is 27.7 Å². The minimum absolute atomic E-state index is 0.0115. The molecular formula is C41H58N4O14. The normalized spacial score (nSPS) is 20.8. The molecule has 18 nitrogen and oxygen atoms in total. The van der Waals surface area contributed by atoms with Crippen LogP contribution in [0.4, 0.5) is 19.2 Å². The molecule has 4 saturated carbocycles. The lowest BCUT2D eigenvalue weighted by Crippen LogP contribution is -2.53. The summed E-state index contributed by atoms with van der Waals surface area (Å²) in [6.07, 6.45) is 2.42. The largest absolute Gasteiger partial charge is 0.460 e. The van der Waals surface area contributed by atoms with Gasteiger partial charge in [0.05, 0.1) is 39.4 Å². The zero-order chi connectivity index (χ0) is 43.8. The average Bonchev–Trinajstić information content (AvgIpc) is 3.17. The van der Waals surface area contributed by atoms with Crippen LogP contribution >= 0.6 is 0 Å². The molecule has 4 bridgehead atoms. The summed E-state index contributed by atoms with van der Waals surface area (Å²) < 4.78 is 31.6. The molecule has 0 saturated heterocycles. The van der Waals surface area contributed by atoms with Crippen LogP contribution in [0.1, 0.15) is 59.8 Å². The molecule has 0 aromatic rings. The van der Waals surface area contributed by atoms with Crippen molar-refractivity contribution in [3.05, 3.63) is 48.6 Å². The highest BCUT2D eigenvalue weighted by atomic mass is 16.6. The van der Waals surface area contributed by atoms with Gasteiger partial charge in [-0.1, -0.05) is 26.3 Å². The molecule has 0 radical (unpaired) electrons. The van der Waals surface area contributed by atoms with E-state index in [0.29, 0.717) is 24.2 Å². The third-order valence-corrected chi connectivity index (χ3v) is 10.5. The minimum Gasteiger partial charge on any atom is -0.460 e. The number of esters is 4. The molecule has 6 unspecified atom stereocenters. The number of carbonyl (C=O) groups is 8. The number of ether oxygens (including phenoxy) is 6. The number of urea groups is 2. The third kappa shape index (κ3) is 14.6. The summed E-state index contributed by atoms with van der Waals surface area (Å²) in [5, 5.41) is 5.00. The van der Waals surface area contributed by atoms with Crippen molar-refractivity contribution in [1.29, 1.82) is 0 Å². The van der Waals surface area contributed by atoms with E-state index in [4.69, 9.17) is 28.4 Å². The molecule has 2 N–H and O–H groups in total. The number of rotatable bonds is 21. The number of hydrogen-bond acceptors (Lipinski definition) is 14. The second kappa shape index (κ2) is 23.0. The van der Waals surface area contributed by atoms with Crippen LogP contribution in [-0.4, -0.2) is 124 Å². The lowest BCUT2D eigenvalue weighted by atomic mass is 9.47. The Labute approximate surface area is 344 Å². The summed E-state index contributed by atoms with van der Waals surface area (Å²) >= 11 is 0. The number of nitrogens with zero attached hydrogens (tertiary/aromatic N) is 2. The van der Waals surface area contributed by atoms with Gasteiger partial charge in [-0.3, -0.25) is 0 Å². The molecule has 0 spiro atoms. The maximum Gasteiger partial charge on any atom is 0.418 e. The van der Waals surface area contributed by atoms with Crippen molar-refractivity contribution in [2.45, 2.75) is 59.8 Å². The summed E-state index contributed by atoms with van der Waals surface area (Å²) in [7, 11) is 0. The van der Waals surface area contributed by atoms with Crippen LogP contribution in [-0.2, 0) is 47.6 Å². The van der Waals surface area contributed by atoms with Gasteiger partial charge >= 0.3 is 48.1 Å². The van der Waals surface area contributed by atoms with Crippen molar-refractivity contribution in [3.63, 3.8) is 0 Å². The lowest BCUT2D eigenvalue weighted by molar-refractivity contribution is -0.140. The van der Waals surface area contributed by atoms with E-state index in [1.54, 1.807) is 0 Å². The van der Waals surface area contributed by atoms with E-state index in [2.05, 4.69) is 36.9 Å². The van der Waals surface area contributed by atoms with Gasteiger partial charge in [0.25, 0.3) is 0 Å². The van der Waals surface area contributed by atoms with Crippen LogP contribution in [0.25, 0.3) is 0 Å². The summed E-state index contributed by atoms with van der Waals surface area (Å²) in [6, 6.07) is -1.67. The van der Waals surface area contributed by atoms with Crippen molar-refractivity contribution in [3.8, 4) is 0 Å². The first kappa shape index (κ1) is 47.7. The van der Waals surface area contributed by atoms with Gasteiger partial charge in [0.15, 0.2) is 0 Å². The molecule has 6 amide bonds. The van der Waals surface area contributed by atoms with Gasteiger partial charge in [-0.25, -0.2) is 48.2 Å². The van der Waals surface area contributed by atoms with Gasteiger partial charge in [-0.05, 0) is 95.3 Å². The van der Waals surface area contributed by atoms with E-state index in [0.717, 1.165) is 35.5 Å². The first-order valence-electron chi connectivity index (χ1n) is 19.7. The Balaban J connectivity index is 1.61. The molecule has 0 aliphatic heterocycles. The zero-order valence-electron chi connectivity index (χ0n) is 34.5. The third-order valence-electron chi connectivity index (χ3n) is 10.5. The molecule has 6 atom stereocenters. The van der Waals surface area contributed by atoms with E-state index < -0.39 is 48.1 Å². The van der Waals surface area contributed by atoms with Crippen molar-refractivity contribution in [1.82, 2.24) is 20.4 Å². The molecule has 4 rings (SSSR count). The predicted molar refractivity (Wildman–Crippen MR) is 210 cm³/mol. The molecule has 0 heterocycles. The fourth-order valence-corrected chi connectivity index (χ4v) is 7.79. The summed E-state index contributed by atoms with van der Waals surface area (Å²) in [6.45, 7) is 18.2. The maximum atomic E-state index is 13.4. The molecule has 0 aromatic carbocycles. The molecule has 4 aliphatic rings. The van der Waals surface area contributed by atoms with Crippen LogP contribution in [0.3, 0.4) is 0 Å². The fourth-order valence-electron chi connectivity index (χ4n) is 7.79. The van der Waals surface area contributed by atoms with Crippen molar-refractivity contribution < 1.29 is 66.8 Å². The SMILES string of the molecule is C=C(C)C(=O)OCCNC(=O)N(CCOC(=O)C(=C)C)C(=O)OCCC1C2CC3CC(C2)C(COC(=O)N(CCOC(=O)C(=C)C)C(=O)NCCOC(=O)C(=C)C)C1C3. The quantitative estimate of drug-likeness (QED) is 0.0707. The number of carbonyl (C=O) groups excluding carboxylic acids is 8. The predicted octanol–water partition coefficient (Wildman–Crippen LogP) is 4.45. The average molecular weight is 831 g/mol. The van der Waals surface area contributed by atoms with E-state index in [-0.39, 0.29) is 106 Å². The molecule has 4 aliphatic carbocycles. The van der Waals surface area contributed by atoms with Crippen LogP contribution in [0.15, 0.2) is 48.6 Å². The van der Waals surface area contributed by atoms with Gasteiger partial charge in [0.1, 0.15) is 26.4 Å². The molecular weight excluding hydrogens is 772 g/mol. The van der Waals surface area contributed by atoms with Crippen molar-refractivity contribution in [2.75, 3.05) is 65.8 Å². The van der Waals surface area contributed by atoms with Gasteiger partial charge in [0.2, 0.25) is 0 Å². The highest BCUT2D eigenvalue weighted by Crippen LogP contribution is 2.60. The molecule has 59 heavy (non-hydrogen) atoms. The van der Waals surface area contributed by atoms with E-state index >= 15 is 0 Å². The highest BCUT2D eigenvalue weighted by Gasteiger charge is 2.53. The van der Waals surface area contributed by atoms with E-state index in [9.17, 15) is 38.4 Å². The van der Waals surface area contributed by atoms with Gasteiger partial charge < -0.3 is 39.1 Å². The molecule has 326 valence electrons. The van der Waals surface area contributed by atoms with Gasteiger partial charge in [-0.2, -0.15) is 0 Å². The summed E-state index contributed by atoms with van der Waals surface area (Å²) in [5.74, 6) is -1.20. The highest BCUT2D eigenvalue weighted by molar-refractivity contribution is 5.92. The van der Waals surface area contributed by atoms with Crippen molar-refractivity contribution >= 4 is 48.1 Å². The Hall–Kier alpha value is -5.68. The minimum atomic E-state index is -0.955. The number of nitrogens with one attached hydrogen (secondary N) is 2. The maximum absolute atomic E-state index is 13.4. The Morgan fingerprint density at radius 3 is 1.36 bits per heavy atom. The second-order valence-electron chi connectivity index (χ2n) is 15.2. The molecule has 4 fully saturated rings. The van der Waals surface area contributed by atoms with Crippen LogP contribution < -0.4 is 10.6 Å². The van der Waals surface area contributed by atoms with Crippen LogP contribution in [0.2, 0.25) is 0 Å². The van der Waals surface area contributed by atoms with Crippen LogP contribution in [0, 0.1) is 35.5 Å². The van der Waals surface area contributed by atoms with Crippen LogP contribution in [0.5, 0.6) is 0 Å². The standard InChI is InChI=1S/C41H58N4O14/c1-24(2)34(46)54-15-10-42-38(50)44(12-17-56-36(48)26(5)6)40(52)58-14-9-31-29-19-28-20-30(22-29)33(32(31)21-28)23-59-41(53)45(13-18-57-37(49)27(7)8)39(51)43-11-16-55-35(47)25(3)4/h28-33H,1,3,5,7,9-23H2,2,4,6,8H3,(H,42,50)(H,43,51). The van der Waals surface area contributed by atoms with Gasteiger partial charge in [-0.15, -0.1) is 0 Å². The Morgan fingerprint density at radius 1 is 0.508 bits per heavy atom. The fraction of sp³-hybridized carbons (Fsp3) is 0.610. The topological polar surface area (TPSA) is 222 Å². The smallest absolute Gasteiger partial charge is 0.418 e. The zero-order valence-corrected chi connectivity index (χ0v) is 34.5. The summed E-state index contributed by atoms with van der Waals surface area (Å²) in [5.41, 5.74) is 0.670. The number of amides is 6.